The van der Waals surface area contributed by atoms with Gasteiger partial charge in [-0.2, -0.15) is 0 Å². The van der Waals surface area contributed by atoms with Crippen LogP contribution in [-0.2, 0) is 16.3 Å². The van der Waals surface area contributed by atoms with E-state index in [2.05, 4.69) is 6.92 Å². The molecule has 0 saturated heterocycles. The lowest BCUT2D eigenvalue weighted by molar-refractivity contribution is 0.414. The zero-order valence-corrected chi connectivity index (χ0v) is 19.6. The van der Waals surface area contributed by atoms with Crippen LogP contribution in [0.3, 0.4) is 0 Å². The van der Waals surface area contributed by atoms with Crippen LogP contribution in [-0.4, -0.2) is 15.5 Å². The highest BCUT2D eigenvalue weighted by Crippen LogP contribution is 2.34. The molecule has 0 aliphatic heterocycles. The molecule has 0 bridgehead atoms. The SMILES string of the molecule is CCCCCCCCCc1oc(-c2ccc(F)cc2)cc1S(=O)(=O)c1ccc(OC)cc1. The minimum Gasteiger partial charge on any atom is -0.497 e. The van der Waals surface area contributed by atoms with E-state index in [1.807, 2.05) is 0 Å². The quantitative estimate of drug-likeness (QED) is 0.269. The van der Waals surface area contributed by atoms with Gasteiger partial charge in [0.15, 0.2) is 0 Å². The maximum Gasteiger partial charge on any atom is 0.210 e. The van der Waals surface area contributed by atoms with Crippen LogP contribution in [0.15, 0.2) is 68.8 Å². The highest BCUT2D eigenvalue weighted by molar-refractivity contribution is 7.91. The van der Waals surface area contributed by atoms with Crippen LogP contribution in [0.25, 0.3) is 11.3 Å². The van der Waals surface area contributed by atoms with Crippen molar-refractivity contribution in [3.8, 4) is 17.1 Å². The molecule has 172 valence electrons. The first-order valence-electron chi connectivity index (χ1n) is 11.2. The van der Waals surface area contributed by atoms with Gasteiger partial charge >= 0.3 is 0 Å². The van der Waals surface area contributed by atoms with E-state index in [0.717, 1.165) is 19.3 Å². The molecule has 0 aliphatic carbocycles. The van der Waals surface area contributed by atoms with Crippen LogP contribution in [0.4, 0.5) is 4.39 Å². The van der Waals surface area contributed by atoms with Crippen molar-refractivity contribution in [3.05, 3.63) is 66.2 Å². The summed E-state index contributed by atoms with van der Waals surface area (Å²) < 4.78 is 51.3. The van der Waals surface area contributed by atoms with Crippen LogP contribution in [0, 0.1) is 5.82 Å². The van der Waals surface area contributed by atoms with Gasteiger partial charge in [0, 0.05) is 18.1 Å². The first-order valence-corrected chi connectivity index (χ1v) is 12.7. The molecule has 0 atom stereocenters. The molecule has 0 N–H and O–H groups in total. The second-order valence-corrected chi connectivity index (χ2v) is 9.87. The Morgan fingerprint density at radius 3 is 2.12 bits per heavy atom. The average molecular weight is 459 g/mol. The Kier molecular flexibility index (Phi) is 8.51. The minimum absolute atomic E-state index is 0.174. The fraction of sp³-hybridized carbons (Fsp3) is 0.385. The summed E-state index contributed by atoms with van der Waals surface area (Å²) in [7, 11) is -2.23. The summed E-state index contributed by atoms with van der Waals surface area (Å²) in [5.41, 5.74) is 0.642. The summed E-state index contributed by atoms with van der Waals surface area (Å²) in [5, 5.41) is 0. The van der Waals surface area contributed by atoms with E-state index in [1.54, 1.807) is 30.3 Å². The maximum atomic E-state index is 13.4. The lowest BCUT2D eigenvalue weighted by atomic mass is 10.1. The number of halogens is 1. The number of methoxy groups -OCH3 is 1. The number of benzene rings is 2. The van der Waals surface area contributed by atoms with Crippen molar-refractivity contribution < 1.29 is 22.0 Å². The predicted octanol–water partition coefficient (Wildman–Crippen LogP) is 7.22. The molecule has 0 saturated carbocycles. The van der Waals surface area contributed by atoms with Crippen LogP contribution in [0.2, 0.25) is 0 Å². The molecule has 4 nitrogen and oxygen atoms in total. The van der Waals surface area contributed by atoms with Crippen LogP contribution in [0.1, 0.15) is 57.6 Å². The minimum atomic E-state index is -3.77. The molecular weight excluding hydrogens is 427 g/mol. The van der Waals surface area contributed by atoms with Gasteiger partial charge in [-0.1, -0.05) is 45.4 Å². The Bertz CT molecular complexity index is 1080. The molecule has 0 amide bonds. The van der Waals surface area contributed by atoms with Crippen molar-refractivity contribution in [1.29, 1.82) is 0 Å². The molecule has 32 heavy (non-hydrogen) atoms. The number of sulfone groups is 1. The molecule has 0 aliphatic rings. The van der Waals surface area contributed by atoms with E-state index in [0.29, 0.717) is 29.3 Å². The Morgan fingerprint density at radius 1 is 0.875 bits per heavy atom. The number of ether oxygens (including phenoxy) is 1. The largest absolute Gasteiger partial charge is 0.497 e. The number of unbranched alkanes of at least 4 members (excludes halogenated alkanes) is 6. The summed E-state index contributed by atoms with van der Waals surface area (Å²) in [6.07, 6.45) is 8.46. The van der Waals surface area contributed by atoms with Crippen molar-refractivity contribution in [1.82, 2.24) is 0 Å². The molecule has 1 heterocycles. The van der Waals surface area contributed by atoms with Gasteiger partial charge in [-0.15, -0.1) is 0 Å². The van der Waals surface area contributed by atoms with Crippen molar-refractivity contribution in [2.75, 3.05) is 7.11 Å². The third kappa shape index (κ3) is 6.00. The number of hydrogen-bond donors (Lipinski definition) is 0. The van der Waals surface area contributed by atoms with E-state index in [-0.39, 0.29) is 15.6 Å². The number of aryl methyl sites for hydroxylation is 1. The molecule has 0 spiro atoms. The van der Waals surface area contributed by atoms with Gasteiger partial charge in [-0.05, 0) is 55.0 Å². The highest BCUT2D eigenvalue weighted by atomic mass is 32.2. The van der Waals surface area contributed by atoms with E-state index in [9.17, 15) is 12.8 Å². The normalized spacial score (nSPS) is 11.6. The van der Waals surface area contributed by atoms with Crippen molar-refractivity contribution in [2.24, 2.45) is 0 Å². The van der Waals surface area contributed by atoms with E-state index in [4.69, 9.17) is 9.15 Å². The molecule has 2 aromatic carbocycles. The van der Waals surface area contributed by atoms with E-state index >= 15 is 0 Å². The van der Waals surface area contributed by atoms with Gasteiger partial charge in [-0.3, -0.25) is 0 Å². The third-order valence-corrected chi connectivity index (χ3v) is 7.38. The summed E-state index contributed by atoms with van der Waals surface area (Å²) in [5.74, 6) is 1.12. The summed E-state index contributed by atoms with van der Waals surface area (Å²) >= 11 is 0. The van der Waals surface area contributed by atoms with Gasteiger partial charge in [0.1, 0.15) is 28.0 Å². The number of furan rings is 1. The zero-order chi connectivity index (χ0) is 23.0. The topological polar surface area (TPSA) is 56.5 Å². The van der Waals surface area contributed by atoms with Gasteiger partial charge in [0.05, 0.1) is 12.0 Å². The summed E-state index contributed by atoms with van der Waals surface area (Å²) in [4.78, 5) is 0.360. The third-order valence-electron chi connectivity index (χ3n) is 5.57. The Balaban J connectivity index is 1.85. The van der Waals surface area contributed by atoms with Crippen LogP contribution >= 0.6 is 0 Å². The molecule has 1 aromatic heterocycles. The monoisotopic (exact) mass is 458 g/mol. The smallest absolute Gasteiger partial charge is 0.210 e. The molecule has 0 radical (unpaired) electrons. The van der Waals surface area contributed by atoms with E-state index < -0.39 is 9.84 Å². The van der Waals surface area contributed by atoms with Crippen molar-refractivity contribution in [3.63, 3.8) is 0 Å². The zero-order valence-electron chi connectivity index (χ0n) is 18.8. The van der Waals surface area contributed by atoms with Crippen LogP contribution < -0.4 is 4.74 Å². The molecule has 3 rings (SSSR count). The highest BCUT2D eigenvalue weighted by Gasteiger charge is 2.26. The van der Waals surface area contributed by atoms with Crippen LogP contribution in [0.5, 0.6) is 5.75 Å². The lowest BCUT2D eigenvalue weighted by Gasteiger charge is -2.06. The van der Waals surface area contributed by atoms with Gasteiger partial charge in [0.2, 0.25) is 9.84 Å². The van der Waals surface area contributed by atoms with Crippen molar-refractivity contribution >= 4 is 9.84 Å². The van der Waals surface area contributed by atoms with Gasteiger partial charge in [0.25, 0.3) is 0 Å². The Hall–Kier alpha value is -2.60. The predicted molar refractivity (Wildman–Crippen MR) is 124 cm³/mol. The standard InChI is InChI=1S/C26H31FO4S/c1-3-4-5-6-7-8-9-10-24-26(19-25(31-24)20-11-13-21(27)14-12-20)32(28,29)23-17-15-22(30-2)16-18-23/h11-19H,3-10H2,1-2H3. The lowest BCUT2D eigenvalue weighted by Crippen LogP contribution is -2.04. The number of hydrogen-bond acceptors (Lipinski definition) is 4. The second kappa shape index (κ2) is 11.3. The maximum absolute atomic E-state index is 13.4. The first-order chi connectivity index (χ1) is 15.5. The summed E-state index contributed by atoms with van der Waals surface area (Å²) in [6.45, 7) is 2.19. The van der Waals surface area contributed by atoms with E-state index in [1.165, 1.54) is 57.1 Å². The molecule has 6 heteroatoms. The molecule has 0 fully saturated rings. The Morgan fingerprint density at radius 2 is 1.50 bits per heavy atom. The Labute approximate surface area is 190 Å². The molecule has 0 unspecified atom stereocenters. The fourth-order valence-corrected chi connectivity index (χ4v) is 5.15. The first kappa shape index (κ1) is 24.1. The number of rotatable bonds is 12. The van der Waals surface area contributed by atoms with Crippen molar-refractivity contribution in [2.45, 2.75) is 68.1 Å². The second-order valence-electron chi connectivity index (χ2n) is 7.96. The summed E-state index contributed by atoms with van der Waals surface area (Å²) in [6, 6.07) is 13.8. The average Bonchev–Trinajstić information content (AvgIpc) is 3.24. The van der Waals surface area contributed by atoms with Gasteiger partial charge < -0.3 is 9.15 Å². The molecular formula is C26H31FO4S. The molecule has 3 aromatic rings. The fourth-order valence-electron chi connectivity index (χ4n) is 3.69. The van der Waals surface area contributed by atoms with Gasteiger partial charge in [-0.25, -0.2) is 12.8 Å².